The summed E-state index contributed by atoms with van der Waals surface area (Å²) in [5, 5.41) is 23.2. The molecule has 1 amide bonds. The van der Waals surface area contributed by atoms with Crippen molar-refractivity contribution in [1.29, 1.82) is 5.41 Å². The molecule has 1 unspecified atom stereocenters. The molecule has 0 aliphatic carbocycles. The topological polar surface area (TPSA) is 149 Å². The monoisotopic (exact) mass is 491 g/mol. The average Bonchev–Trinajstić information content (AvgIpc) is 3.50. The summed E-state index contributed by atoms with van der Waals surface area (Å²) >= 11 is 0. The highest BCUT2D eigenvalue weighted by molar-refractivity contribution is 5.95. The van der Waals surface area contributed by atoms with Crippen LogP contribution in [0.1, 0.15) is 43.1 Å². The van der Waals surface area contributed by atoms with Crippen LogP contribution >= 0.6 is 0 Å². The van der Waals surface area contributed by atoms with E-state index in [0.29, 0.717) is 25.2 Å². The normalized spacial score (nSPS) is 15.1. The molecule has 3 aromatic rings. The Labute approximate surface area is 210 Å². The molecule has 0 spiro atoms. The van der Waals surface area contributed by atoms with Gasteiger partial charge in [0.15, 0.2) is 0 Å². The van der Waals surface area contributed by atoms with Crippen molar-refractivity contribution in [3.63, 3.8) is 0 Å². The Bertz CT molecular complexity index is 1280. The maximum atomic E-state index is 13.5. The smallest absolute Gasteiger partial charge is 0.304 e. The van der Waals surface area contributed by atoms with Gasteiger partial charge < -0.3 is 25.6 Å². The molecule has 0 radical (unpaired) electrons. The van der Waals surface area contributed by atoms with Crippen molar-refractivity contribution < 1.29 is 14.7 Å². The number of amides is 1. The number of carboxylic acid groups (broad SMARTS) is 1. The van der Waals surface area contributed by atoms with Crippen LogP contribution in [0.2, 0.25) is 0 Å². The molecule has 4 rings (SSSR count). The van der Waals surface area contributed by atoms with Crippen LogP contribution in [0.25, 0.3) is 11.0 Å². The molecule has 10 nitrogen and oxygen atoms in total. The summed E-state index contributed by atoms with van der Waals surface area (Å²) in [5.41, 5.74) is 8.48. The number of imidazole rings is 1. The summed E-state index contributed by atoms with van der Waals surface area (Å²) < 4.78 is 2.01. The van der Waals surface area contributed by atoms with Crippen molar-refractivity contribution in [3.8, 4) is 0 Å². The number of aryl methyl sites for hydroxylation is 1. The van der Waals surface area contributed by atoms with Gasteiger partial charge in [0.25, 0.3) is 0 Å². The molecule has 1 aromatic heterocycles. The van der Waals surface area contributed by atoms with E-state index in [-0.39, 0.29) is 24.7 Å². The second-order valence-electron chi connectivity index (χ2n) is 9.33. The molecule has 2 heterocycles. The molecule has 190 valence electrons. The Morgan fingerprint density at radius 2 is 1.86 bits per heavy atom. The van der Waals surface area contributed by atoms with E-state index in [0.717, 1.165) is 41.0 Å². The predicted octanol–water partition coefficient (Wildman–Crippen LogP) is 2.37. The van der Waals surface area contributed by atoms with Gasteiger partial charge in [-0.3, -0.25) is 20.3 Å². The van der Waals surface area contributed by atoms with Crippen LogP contribution in [0.3, 0.4) is 0 Å². The Kier molecular flexibility index (Phi) is 7.25. The zero-order valence-corrected chi connectivity index (χ0v) is 20.7. The van der Waals surface area contributed by atoms with Gasteiger partial charge in [0.1, 0.15) is 17.2 Å². The van der Waals surface area contributed by atoms with Crippen molar-refractivity contribution in [3.05, 3.63) is 59.4 Å². The molecule has 1 fully saturated rings. The zero-order chi connectivity index (χ0) is 25.9. The number of nitrogens with zero attached hydrogens (tertiary/aromatic N) is 3. The summed E-state index contributed by atoms with van der Waals surface area (Å²) in [6.07, 6.45) is 1.88. The Morgan fingerprint density at radius 1 is 1.17 bits per heavy atom. The number of fused-ring (bicyclic) bond motifs is 1. The van der Waals surface area contributed by atoms with E-state index in [2.05, 4.69) is 10.6 Å². The summed E-state index contributed by atoms with van der Waals surface area (Å²) in [6.45, 7) is 3.92. The number of nitrogen functional groups attached to an aromatic ring is 1. The Balaban J connectivity index is 1.58. The van der Waals surface area contributed by atoms with Crippen molar-refractivity contribution in [2.24, 2.45) is 12.8 Å². The average molecular weight is 492 g/mol. The molecule has 2 aromatic carbocycles. The SMILES string of the molecule is Cn1c(CNc2ccc(C(=N)N)cc2)nc2cc(C(C)(NCCC(=O)O)C(=O)N3CCCC3)ccc21. The van der Waals surface area contributed by atoms with E-state index in [1.165, 1.54) is 0 Å². The van der Waals surface area contributed by atoms with Crippen LogP contribution in [-0.4, -0.2) is 56.9 Å². The first-order valence-corrected chi connectivity index (χ1v) is 12.1. The number of aromatic nitrogens is 2. The quantitative estimate of drug-likeness (QED) is 0.216. The molecule has 0 saturated carbocycles. The third kappa shape index (κ3) is 5.18. The number of carbonyl (C=O) groups is 2. The van der Waals surface area contributed by atoms with Crippen molar-refractivity contribution in [1.82, 2.24) is 19.8 Å². The lowest BCUT2D eigenvalue weighted by Gasteiger charge is -2.34. The lowest BCUT2D eigenvalue weighted by atomic mass is 9.89. The molecular weight excluding hydrogens is 458 g/mol. The molecule has 1 saturated heterocycles. The minimum atomic E-state index is -1.05. The van der Waals surface area contributed by atoms with Crippen LogP contribution in [-0.2, 0) is 28.7 Å². The van der Waals surface area contributed by atoms with Crippen LogP contribution in [0, 0.1) is 5.41 Å². The molecule has 0 bridgehead atoms. The number of nitrogens with one attached hydrogen (secondary N) is 3. The van der Waals surface area contributed by atoms with Crippen molar-refractivity contribution in [2.75, 3.05) is 25.0 Å². The number of hydrogen-bond donors (Lipinski definition) is 5. The van der Waals surface area contributed by atoms with Crippen LogP contribution < -0.4 is 16.4 Å². The number of hydrogen-bond acceptors (Lipinski definition) is 6. The van der Waals surface area contributed by atoms with Gasteiger partial charge in [0.2, 0.25) is 5.91 Å². The minimum absolute atomic E-state index is 0.0281. The third-order valence-electron chi connectivity index (χ3n) is 6.84. The fourth-order valence-electron chi connectivity index (χ4n) is 4.62. The molecule has 10 heteroatoms. The number of amidine groups is 1. The van der Waals surface area contributed by atoms with Gasteiger partial charge in [-0.2, -0.15) is 0 Å². The van der Waals surface area contributed by atoms with Crippen molar-refractivity contribution >= 4 is 34.4 Å². The molecule has 6 N–H and O–H groups in total. The van der Waals surface area contributed by atoms with Gasteiger partial charge in [0, 0.05) is 37.9 Å². The lowest BCUT2D eigenvalue weighted by Crippen LogP contribution is -2.53. The highest BCUT2D eigenvalue weighted by atomic mass is 16.4. The highest BCUT2D eigenvalue weighted by Gasteiger charge is 2.39. The number of carbonyl (C=O) groups excluding carboxylic acids is 1. The number of carboxylic acids is 1. The number of nitrogens with two attached hydrogens (primary N) is 1. The molecular formula is C26H33N7O3. The summed E-state index contributed by atoms with van der Waals surface area (Å²) in [7, 11) is 1.95. The first kappa shape index (κ1) is 25.2. The van der Waals surface area contributed by atoms with E-state index in [1.54, 1.807) is 12.1 Å². The summed E-state index contributed by atoms with van der Waals surface area (Å²) in [5.74, 6) is -0.104. The van der Waals surface area contributed by atoms with Gasteiger partial charge in [-0.15, -0.1) is 0 Å². The van der Waals surface area contributed by atoms with E-state index in [4.69, 9.17) is 21.2 Å². The van der Waals surface area contributed by atoms with E-state index >= 15 is 0 Å². The number of aliphatic carboxylic acids is 1. The number of likely N-dealkylation sites (tertiary alicyclic amines) is 1. The maximum absolute atomic E-state index is 13.5. The third-order valence-corrected chi connectivity index (χ3v) is 6.84. The lowest BCUT2D eigenvalue weighted by molar-refractivity contribution is -0.139. The minimum Gasteiger partial charge on any atom is -0.481 e. The van der Waals surface area contributed by atoms with E-state index in [9.17, 15) is 9.59 Å². The molecule has 1 aliphatic heterocycles. The maximum Gasteiger partial charge on any atom is 0.304 e. The van der Waals surface area contributed by atoms with Crippen LogP contribution in [0.5, 0.6) is 0 Å². The molecule has 36 heavy (non-hydrogen) atoms. The number of anilines is 1. The van der Waals surface area contributed by atoms with E-state index < -0.39 is 11.5 Å². The van der Waals surface area contributed by atoms with Crippen LogP contribution in [0.4, 0.5) is 5.69 Å². The summed E-state index contributed by atoms with van der Waals surface area (Å²) in [6, 6.07) is 13.1. The summed E-state index contributed by atoms with van der Waals surface area (Å²) in [4.78, 5) is 31.3. The standard InChI is InChI=1S/C26H33N7O3/c1-26(30-12-11-23(34)35,25(36)33-13-3-4-14-33)18-7-10-21-20(15-18)31-22(32(21)2)16-29-19-8-5-17(6-9-19)24(27)28/h5-10,15,29-30H,3-4,11-14,16H2,1-2H3,(H3,27,28)(H,34,35). The zero-order valence-electron chi connectivity index (χ0n) is 20.7. The number of rotatable bonds is 10. The number of benzene rings is 2. The first-order chi connectivity index (χ1) is 17.2. The largest absolute Gasteiger partial charge is 0.481 e. The second-order valence-corrected chi connectivity index (χ2v) is 9.33. The van der Waals surface area contributed by atoms with Gasteiger partial charge >= 0.3 is 5.97 Å². The fourth-order valence-corrected chi connectivity index (χ4v) is 4.62. The first-order valence-electron chi connectivity index (χ1n) is 12.1. The second kappa shape index (κ2) is 10.4. The van der Waals surface area contributed by atoms with Gasteiger partial charge in [0.05, 0.1) is 24.0 Å². The van der Waals surface area contributed by atoms with Gasteiger partial charge in [-0.1, -0.05) is 6.07 Å². The van der Waals surface area contributed by atoms with Crippen LogP contribution in [0.15, 0.2) is 42.5 Å². The van der Waals surface area contributed by atoms with Crippen molar-refractivity contribution in [2.45, 2.75) is 38.3 Å². The predicted molar refractivity (Wildman–Crippen MR) is 139 cm³/mol. The molecule has 1 aliphatic rings. The van der Waals surface area contributed by atoms with E-state index in [1.807, 2.05) is 53.8 Å². The fraction of sp³-hybridized carbons (Fsp3) is 0.385. The van der Waals surface area contributed by atoms with Gasteiger partial charge in [-0.05, 0) is 61.7 Å². The molecule has 1 atom stereocenters. The Morgan fingerprint density at radius 3 is 2.50 bits per heavy atom. The highest BCUT2D eigenvalue weighted by Crippen LogP contribution is 2.29. The van der Waals surface area contributed by atoms with Gasteiger partial charge in [-0.25, -0.2) is 4.98 Å². The Hall–Kier alpha value is -3.92.